The molecule has 68 valence electrons. The Labute approximate surface area is 74.9 Å². The van der Waals surface area contributed by atoms with Crippen molar-refractivity contribution in [1.29, 1.82) is 0 Å². The molecule has 0 aliphatic heterocycles. The Morgan fingerprint density at radius 3 is 2.17 bits per heavy atom. The highest BCUT2D eigenvalue weighted by atomic mass is 28.3. The molecule has 0 spiro atoms. The lowest BCUT2D eigenvalue weighted by Crippen LogP contribution is -2.32. The second-order valence-electron chi connectivity index (χ2n) is 4.37. The van der Waals surface area contributed by atoms with Gasteiger partial charge in [-0.15, -0.1) is 0 Å². The Kier molecular flexibility index (Phi) is 2.37. The van der Waals surface area contributed by atoms with E-state index in [9.17, 15) is 0 Å². The van der Waals surface area contributed by atoms with Crippen molar-refractivity contribution >= 4 is 8.24 Å². The Bertz CT molecular complexity index is 260. The van der Waals surface area contributed by atoms with Crippen LogP contribution in [0.4, 0.5) is 0 Å². The fraction of sp³-hybridized carbons (Fsp3) is 0.750. The van der Waals surface area contributed by atoms with E-state index in [1.807, 2.05) is 10.7 Å². The van der Waals surface area contributed by atoms with Crippen LogP contribution in [0.2, 0.25) is 19.6 Å². The molecule has 1 aromatic heterocycles. The lowest BCUT2D eigenvalue weighted by Gasteiger charge is -2.14. The van der Waals surface area contributed by atoms with Crippen molar-refractivity contribution < 1.29 is 0 Å². The summed E-state index contributed by atoms with van der Waals surface area (Å²) in [5.74, 6) is 1.39. The zero-order valence-electron chi connectivity index (χ0n) is 8.50. The fourth-order valence-corrected chi connectivity index (χ4v) is 1.67. The summed E-state index contributed by atoms with van der Waals surface area (Å²) in [6.07, 6.45) is 1.86. The Hall–Kier alpha value is -0.643. The van der Waals surface area contributed by atoms with Gasteiger partial charge in [-0.25, -0.2) is 4.98 Å². The predicted molar refractivity (Wildman–Crippen MR) is 52.9 cm³/mol. The number of aromatic nitrogens is 3. The van der Waals surface area contributed by atoms with Gasteiger partial charge in [0.25, 0.3) is 0 Å². The van der Waals surface area contributed by atoms with Gasteiger partial charge in [0.2, 0.25) is 0 Å². The SMILES string of the molecule is CC(C)c1ncn([Si](C)(C)C)n1. The third-order valence-electron chi connectivity index (χ3n) is 1.71. The van der Waals surface area contributed by atoms with Gasteiger partial charge in [0, 0.05) is 5.92 Å². The Morgan fingerprint density at radius 1 is 1.33 bits per heavy atom. The summed E-state index contributed by atoms with van der Waals surface area (Å²) >= 11 is 0. The second kappa shape index (κ2) is 3.01. The molecule has 0 atom stereocenters. The second-order valence-corrected chi connectivity index (χ2v) is 9.17. The average Bonchev–Trinajstić information content (AvgIpc) is 2.30. The molecule has 0 saturated carbocycles. The zero-order valence-corrected chi connectivity index (χ0v) is 9.50. The first-order valence-corrected chi connectivity index (χ1v) is 7.78. The average molecular weight is 183 g/mol. The lowest BCUT2D eigenvalue weighted by molar-refractivity contribution is 0.765. The molecule has 3 nitrogen and oxygen atoms in total. The quantitative estimate of drug-likeness (QED) is 0.657. The van der Waals surface area contributed by atoms with Crippen molar-refractivity contribution in [2.24, 2.45) is 0 Å². The largest absolute Gasteiger partial charge is 0.284 e. The molecule has 0 radical (unpaired) electrons. The van der Waals surface area contributed by atoms with Crippen LogP contribution in [-0.2, 0) is 0 Å². The van der Waals surface area contributed by atoms with Crippen LogP contribution in [0.5, 0.6) is 0 Å². The van der Waals surface area contributed by atoms with Crippen molar-refractivity contribution in [3.05, 3.63) is 12.2 Å². The highest BCUT2D eigenvalue weighted by Crippen LogP contribution is 2.10. The van der Waals surface area contributed by atoms with Crippen molar-refractivity contribution in [3.8, 4) is 0 Å². The zero-order chi connectivity index (χ0) is 9.35. The molecule has 1 aromatic rings. The Balaban J connectivity index is 2.92. The summed E-state index contributed by atoms with van der Waals surface area (Å²) in [6, 6.07) is 0. The summed E-state index contributed by atoms with van der Waals surface area (Å²) in [4.78, 5) is 4.27. The molecule has 0 aliphatic rings. The predicted octanol–water partition coefficient (Wildman–Crippen LogP) is 2.08. The van der Waals surface area contributed by atoms with Gasteiger partial charge in [-0.3, -0.25) is 4.35 Å². The highest BCUT2D eigenvalue weighted by molar-refractivity contribution is 6.74. The van der Waals surface area contributed by atoms with Gasteiger partial charge in [-0.05, 0) is 19.6 Å². The van der Waals surface area contributed by atoms with E-state index in [2.05, 4.69) is 43.6 Å². The first-order valence-electron chi connectivity index (χ1n) is 4.33. The standard InChI is InChI=1S/C8H17N3Si/c1-7(2)8-9-6-11(10-8)12(3,4)5/h6-7H,1-5H3. The molecule has 0 aliphatic carbocycles. The number of hydrogen-bond donors (Lipinski definition) is 0. The molecule has 12 heavy (non-hydrogen) atoms. The molecule has 0 saturated heterocycles. The van der Waals surface area contributed by atoms with E-state index in [-0.39, 0.29) is 0 Å². The van der Waals surface area contributed by atoms with Gasteiger partial charge in [-0.1, -0.05) is 13.8 Å². The maximum absolute atomic E-state index is 4.45. The van der Waals surface area contributed by atoms with Crippen molar-refractivity contribution in [3.63, 3.8) is 0 Å². The van der Waals surface area contributed by atoms with E-state index in [1.54, 1.807) is 0 Å². The van der Waals surface area contributed by atoms with Crippen LogP contribution in [0.1, 0.15) is 25.6 Å². The molecule has 0 bridgehead atoms. The molecule has 0 amide bonds. The van der Waals surface area contributed by atoms with E-state index in [0.717, 1.165) is 5.82 Å². The van der Waals surface area contributed by atoms with E-state index < -0.39 is 8.24 Å². The van der Waals surface area contributed by atoms with Crippen molar-refractivity contribution in [1.82, 2.24) is 14.4 Å². The molecular formula is C8H17N3Si. The minimum atomic E-state index is -1.32. The molecule has 1 heterocycles. The molecule has 0 unspecified atom stereocenters. The van der Waals surface area contributed by atoms with E-state index >= 15 is 0 Å². The molecule has 4 heteroatoms. The van der Waals surface area contributed by atoms with Gasteiger partial charge in [-0.2, -0.15) is 5.10 Å². The monoisotopic (exact) mass is 183 g/mol. The maximum atomic E-state index is 4.45. The summed E-state index contributed by atoms with van der Waals surface area (Å²) < 4.78 is 2.04. The maximum Gasteiger partial charge on any atom is 0.178 e. The summed E-state index contributed by atoms with van der Waals surface area (Å²) in [5, 5.41) is 4.45. The van der Waals surface area contributed by atoms with Crippen LogP contribution in [0, 0.1) is 0 Å². The number of rotatable bonds is 2. The molecule has 0 fully saturated rings. The van der Waals surface area contributed by atoms with Crippen molar-refractivity contribution in [2.75, 3.05) is 0 Å². The third kappa shape index (κ3) is 1.94. The number of hydrogen-bond acceptors (Lipinski definition) is 2. The fourth-order valence-electron chi connectivity index (χ4n) is 0.864. The van der Waals surface area contributed by atoms with E-state index in [0.29, 0.717) is 5.92 Å². The Morgan fingerprint density at radius 2 is 1.92 bits per heavy atom. The molecule has 0 N–H and O–H groups in total. The van der Waals surface area contributed by atoms with E-state index in [1.165, 1.54) is 0 Å². The summed E-state index contributed by atoms with van der Waals surface area (Å²) in [5.41, 5.74) is 0. The third-order valence-corrected chi connectivity index (χ3v) is 3.30. The van der Waals surface area contributed by atoms with Gasteiger partial charge in [0.1, 0.15) is 6.33 Å². The lowest BCUT2D eigenvalue weighted by atomic mass is 10.2. The topological polar surface area (TPSA) is 30.7 Å². The van der Waals surface area contributed by atoms with E-state index in [4.69, 9.17) is 0 Å². The van der Waals surface area contributed by atoms with Crippen LogP contribution in [0.25, 0.3) is 0 Å². The first-order chi connectivity index (χ1) is 5.41. The summed E-state index contributed by atoms with van der Waals surface area (Å²) in [7, 11) is -1.32. The highest BCUT2D eigenvalue weighted by Gasteiger charge is 2.18. The molecule has 0 aromatic carbocycles. The molecular weight excluding hydrogens is 166 g/mol. The number of nitrogens with zero attached hydrogens (tertiary/aromatic N) is 3. The smallest absolute Gasteiger partial charge is 0.178 e. The van der Waals surface area contributed by atoms with Crippen LogP contribution < -0.4 is 0 Å². The van der Waals surface area contributed by atoms with Crippen LogP contribution >= 0.6 is 0 Å². The summed E-state index contributed by atoms with van der Waals surface area (Å²) in [6.45, 7) is 11.0. The van der Waals surface area contributed by atoms with Crippen LogP contribution in [0.15, 0.2) is 6.33 Å². The first kappa shape index (κ1) is 9.44. The van der Waals surface area contributed by atoms with Gasteiger partial charge in [0.15, 0.2) is 14.1 Å². The van der Waals surface area contributed by atoms with Crippen LogP contribution in [-0.4, -0.2) is 22.7 Å². The van der Waals surface area contributed by atoms with Crippen LogP contribution in [0.3, 0.4) is 0 Å². The van der Waals surface area contributed by atoms with Gasteiger partial charge in [0.05, 0.1) is 0 Å². The van der Waals surface area contributed by atoms with Gasteiger partial charge < -0.3 is 0 Å². The molecule has 1 rings (SSSR count). The van der Waals surface area contributed by atoms with Crippen molar-refractivity contribution in [2.45, 2.75) is 39.4 Å². The minimum absolute atomic E-state index is 0.433. The minimum Gasteiger partial charge on any atom is -0.284 e. The normalized spacial score (nSPS) is 12.5. The van der Waals surface area contributed by atoms with Gasteiger partial charge >= 0.3 is 0 Å².